The maximum absolute atomic E-state index is 13.6. The van der Waals surface area contributed by atoms with Gasteiger partial charge in [0.05, 0.1) is 36.7 Å². The van der Waals surface area contributed by atoms with Crippen LogP contribution < -0.4 is 19.8 Å². The molecule has 4 aromatic carbocycles. The Hall–Kier alpha value is -4.96. The fourth-order valence-corrected chi connectivity index (χ4v) is 4.97. The van der Waals surface area contributed by atoms with E-state index in [4.69, 9.17) is 23.6 Å². The van der Waals surface area contributed by atoms with Gasteiger partial charge in [-0.25, -0.2) is 9.37 Å². The van der Waals surface area contributed by atoms with Gasteiger partial charge in [-0.1, -0.05) is 30.3 Å². The number of hydrogen-bond acceptors (Lipinski definition) is 7. The lowest BCUT2D eigenvalue weighted by Crippen LogP contribution is -2.20. The Bertz CT molecular complexity index is 2040. The first-order chi connectivity index (χ1) is 20.4. The van der Waals surface area contributed by atoms with Crippen molar-refractivity contribution in [2.24, 2.45) is 5.10 Å². The van der Waals surface area contributed by atoms with Crippen LogP contribution in [0, 0.1) is 5.82 Å². The van der Waals surface area contributed by atoms with Crippen LogP contribution in [0.1, 0.15) is 11.1 Å². The second-order valence-electron chi connectivity index (χ2n) is 9.24. The minimum atomic E-state index is -0.364. The van der Waals surface area contributed by atoms with Crippen LogP contribution in [0.25, 0.3) is 33.5 Å². The van der Waals surface area contributed by atoms with E-state index in [1.807, 2.05) is 24.3 Å². The molecule has 0 fully saturated rings. The zero-order chi connectivity index (χ0) is 29.2. The van der Waals surface area contributed by atoms with Gasteiger partial charge in [0.1, 0.15) is 23.8 Å². The van der Waals surface area contributed by atoms with Crippen molar-refractivity contribution in [1.82, 2.24) is 9.66 Å². The maximum atomic E-state index is 13.6. The van der Waals surface area contributed by atoms with Crippen molar-refractivity contribution in [3.63, 3.8) is 0 Å². The minimum Gasteiger partial charge on any atom is -0.496 e. The highest BCUT2D eigenvalue weighted by molar-refractivity contribution is 9.10. The van der Waals surface area contributed by atoms with Crippen LogP contribution in [0.15, 0.2) is 104 Å². The largest absolute Gasteiger partial charge is 0.496 e. The fraction of sp³-hybridized carbons (Fsp3) is 0.0938. The Morgan fingerprint density at radius 1 is 0.929 bits per heavy atom. The number of hydrogen-bond donors (Lipinski definition) is 0. The molecule has 0 saturated heterocycles. The third kappa shape index (κ3) is 5.24. The molecule has 2 aromatic heterocycles. The molecule has 0 aliphatic carbocycles. The third-order valence-electron chi connectivity index (χ3n) is 6.59. The molecule has 6 rings (SSSR count). The second-order valence-corrected chi connectivity index (χ2v) is 10.1. The molecule has 42 heavy (non-hydrogen) atoms. The molecule has 0 amide bonds. The first-order valence-electron chi connectivity index (χ1n) is 12.8. The SMILES string of the molecule is COc1cc(C=Nn2c(-c3cc4c(OC)cccc4o3)nc3ccccc3c2=O)c(Br)cc1OCc1cccc(F)c1. The quantitative estimate of drug-likeness (QED) is 0.166. The van der Waals surface area contributed by atoms with Crippen molar-refractivity contribution in [3.05, 3.63) is 117 Å². The molecule has 0 bridgehead atoms. The lowest BCUT2D eigenvalue weighted by Gasteiger charge is -2.13. The van der Waals surface area contributed by atoms with E-state index in [1.54, 1.807) is 55.6 Å². The molecule has 0 aliphatic heterocycles. The average molecular weight is 628 g/mol. The number of methoxy groups -OCH3 is 2. The third-order valence-corrected chi connectivity index (χ3v) is 7.28. The van der Waals surface area contributed by atoms with Gasteiger partial charge in [0.15, 0.2) is 17.3 Å². The van der Waals surface area contributed by atoms with E-state index in [0.717, 1.165) is 5.39 Å². The number of aromatic nitrogens is 2. The van der Waals surface area contributed by atoms with Crippen LogP contribution in [0.5, 0.6) is 17.2 Å². The van der Waals surface area contributed by atoms with Crippen molar-refractivity contribution in [2.45, 2.75) is 6.61 Å². The fourth-order valence-electron chi connectivity index (χ4n) is 4.54. The van der Waals surface area contributed by atoms with E-state index in [2.05, 4.69) is 21.0 Å². The van der Waals surface area contributed by atoms with Gasteiger partial charge in [-0.2, -0.15) is 9.78 Å². The summed E-state index contributed by atoms with van der Waals surface area (Å²) in [5.74, 6) is 1.77. The molecule has 0 unspecified atom stereocenters. The number of halogens is 2. The molecule has 0 saturated carbocycles. The van der Waals surface area contributed by atoms with Crippen molar-refractivity contribution >= 4 is 44.0 Å². The zero-order valence-electron chi connectivity index (χ0n) is 22.5. The molecular formula is C32H23BrFN3O5. The van der Waals surface area contributed by atoms with Gasteiger partial charge in [-0.15, -0.1) is 0 Å². The van der Waals surface area contributed by atoms with Gasteiger partial charge >= 0.3 is 0 Å². The van der Waals surface area contributed by atoms with Crippen molar-refractivity contribution in [2.75, 3.05) is 14.2 Å². The van der Waals surface area contributed by atoms with Gasteiger partial charge in [0.25, 0.3) is 5.56 Å². The lowest BCUT2D eigenvalue weighted by atomic mass is 10.2. The highest BCUT2D eigenvalue weighted by Gasteiger charge is 2.18. The molecule has 6 aromatic rings. The summed E-state index contributed by atoms with van der Waals surface area (Å²) in [5.41, 5.74) is 2.03. The molecular weight excluding hydrogens is 605 g/mol. The minimum absolute atomic E-state index is 0.151. The normalized spacial score (nSPS) is 11.4. The number of para-hydroxylation sites is 1. The number of fused-ring (bicyclic) bond motifs is 2. The predicted octanol–water partition coefficient (Wildman–Crippen LogP) is 7.19. The Morgan fingerprint density at radius 3 is 2.55 bits per heavy atom. The maximum Gasteiger partial charge on any atom is 0.282 e. The number of rotatable bonds is 8. The summed E-state index contributed by atoms with van der Waals surface area (Å²) < 4.78 is 38.4. The van der Waals surface area contributed by atoms with Gasteiger partial charge in [-0.05, 0) is 76.1 Å². The topological polar surface area (TPSA) is 88.1 Å². The standard InChI is InChI=1S/C32H23BrFN3O5/c1-39-26-11-6-12-27-23(26)15-30(42-27)31-36-25-10-4-3-9-22(25)32(38)37(31)35-17-20-14-28(40-2)29(16-24(20)33)41-18-19-7-5-8-21(34)13-19/h3-17H,18H2,1-2H3. The Kier molecular flexibility index (Phi) is 7.45. The molecule has 0 atom stereocenters. The van der Waals surface area contributed by atoms with Gasteiger partial charge in [-0.3, -0.25) is 4.79 Å². The van der Waals surface area contributed by atoms with Crippen LogP contribution in [0.2, 0.25) is 0 Å². The highest BCUT2D eigenvalue weighted by atomic mass is 79.9. The first-order valence-corrected chi connectivity index (χ1v) is 13.6. The van der Waals surface area contributed by atoms with E-state index in [1.165, 1.54) is 30.1 Å². The zero-order valence-corrected chi connectivity index (χ0v) is 24.1. The molecule has 0 spiro atoms. The van der Waals surface area contributed by atoms with Crippen LogP contribution in [0.3, 0.4) is 0 Å². The van der Waals surface area contributed by atoms with E-state index in [9.17, 15) is 9.18 Å². The summed E-state index contributed by atoms with van der Waals surface area (Å²) in [6, 6.07) is 23.9. The predicted molar refractivity (Wildman–Crippen MR) is 162 cm³/mol. The summed E-state index contributed by atoms with van der Waals surface area (Å²) in [6.45, 7) is 0.151. The average Bonchev–Trinajstić information content (AvgIpc) is 3.45. The molecule has 0 radical (unpaired) electrons. The van der Waals surface area contributed by atoms with Crippen LogP contribution in [-0.2, 0) is 6.61 Å². The Morgan fingerprint density at radius 2 is 1.74 bits per heavy atom. The summed E-state index contributed by atoms with van der Waals surface area (Å²) in [4.78, 5) is 18.4. The van der Waals surface area contributed by atoms with Crippen LogP contribution in [0.4, 0.5) is 4.39 Å². The van der Waals surface area contributed by atoms with E-state index >= 15 is 0 Å². The van der Waals surface area contributed by atoms with E-state index < -0.39 is 0 Å². The summed E-state index contributed by atoms with van der Waals surface area (Å²) in [6.07, 6.45) is 1.52. The van der Waals surface area contributed by atoms with Crippen LogP contribution in [-0.4, -0.2) is 30.1 Å². The van der Waals surface area contributed by atoms with Gasteiger partial charge in [0, 0.05) is 10.0 Å². The number of ether oxygens (including phenoxy) is 3. The van der Waals surface area contributed by atoms with E-state index in [0.29, 0.717) is 55.1 Å². The Balaban J connectivity index is 1.41. The second kappa shape index (κ2) is 11.5. The van der Waals surface area contributed by atoms with Gasteiger partial charge in [0.2, 0.25) is 5.82 Å². The molecule has 10 heteroatoms. The Labute approximate surface area is 247 Å². The van der Waals surface area contributed by atoms with Crippen LogP contribution >= 0.6 is 15.9 Å². The lowest BCUT2D eigenvalue weighted by molar-refractivity contribution is 0.284. The van der Waals surface area contributed by atoms with Crippen molar-refractivity contribution in [1.29, 1.82) is 0 Å². The molecule has 8 nitrogen and oxygen atoms in total. The number of furan rings is 1. The molecule has 2 heterocycles. The summed E-state index contributed by atoms with van der Waals surface area (Å²) >= 11 is 3.56. The molecule has 210 valence electrons. The highest BCUT2D eigenvalue weighted by Crippen LogP contribution is 2.35. The van der Waals surface area contributed by atoms with Crippen molar-refractivity contribution in [3.8, 4) is 28.8 Å². The number of nitrogens with zero attached hydrogens (tertiary/aromatic N) is 3. The monoisotopic (exact) mass is 627 g/mol. The van der Waals surface area contributed by atoms with Gasteiger partial charge < -0.3 is 18.6 Å². The summed E-state index contributed by atoms with van der Waals surface area (Å²) in [7, 11) is 3.10. The van der Waals surface area contributed by atoms with Crippen molar-refractivity contribution < 1.29 is 23.0 Å². The number of benzene rings is 4. The van der Waals surface area contributed by atoms with E-state index in [-0.39, 0.29) is 23.8 Å². The molecule has 0 N–H and O–H groups in total. The molecule has 0 aliphatic rings. The first kappa shape index (κ1) is 27.2. The summed E-state index contributed by atoms with van der Waals surface area (Å²) in [5, 5.41) is 5.69. The smallest absolute Gasteiger partial charge is 0.282 e.